The Balaban J connectivity index is 1.35. The SMILES string of the molecule is Cc1cccc(NC(=O)n2ccc3cc(Oc4ncnc5c4CN(C(=O)OC(C)(C)C)CC5)ccc32)c1. The zero-order valence-corrected chi connectivity index (χ0v) is 21.3. The third kappa shape index (κ3) is 5.40. The molecule has 0 fully saturated rings. The summed E-state index contributed by atoms with van der Waals surface area (Å²) in [4.78, 5) is 35.9. The van der Waals surface area contributed by atoms with Crippen LogP contribution in [0, 0.1) is 6.92 Å². The summed E-state index contributed by atoms with van der Waals surface area (Å²) in [6.45, 7) is 8.33. The molecule has 9 heteroatoms. The molecule has 0 saturated carbocycles. The topological polar surface area (TPSA) is 98.6 Å². The fourth-order valence-electron chi connectivity index (χ4n) is 4.26. The highest BCUT2D eigenvalue weighted by Gasteiger charge is 2.28. The van der Waals surface area contributed by atoms with Crippen molar-refractivity contribution in [3.05, 3.63) is 77.9 Å². The van der Waals surface area contributed by atoms with E-state index in [1.165, 1.54) is 6.33 Å². The number of rotatable bonds is 3. The van der Waals surface area contributed by atoms with Crippen LogP contribution in [0.2, 0.25) is 0 Å². The maximum Gasteiger partial charge on any atom is 0.410 e. The molecule has 0 unspecified atom stereocenters. The molecule has 3 heterocycles. The van der Waals surface area contributed by atoms with Crippen molar-refractivity contribution in [2.75, 3.05) is 11.9 Å². The molecule has 0 atom stereocenters. The van der Waals surface area contributed by atoms with E-state index < -0.39 is 5.60 Å². The van der Waals surface area contributed by atoms with Gasteiger partial charge in [-0.2, -0.15) is 0 Å². The molecule has 4 aromatic rings. The van der Waals surface area contributed by atoms with Gasteiger partial charge in [0.25, 0.3) is 0 Å². The molecule has 2 aromatic carbocycles. The van der Waals surface area contributed by atoms with Gasteiger partial charge in [0.05, 0.1) is 23.3 Å². The molecule has 0 saturated heterocycles. The summed E-state index contributed by atoms with van der Waals surface area (Å²) >= 11 is 0. The molecule has 0 bridgehead atoms. The predicted molar refractivity (Wildman–Crippen MR) is 140 cm³/mol. The Hall–Kier alpha value is -4.40. The Kier molecular flexibility index (Phi) is 6.29. The number of carbonyl (C=O) groups is 2. The highest BCUT2D eigenvalue weighted by molar-refractivity contribution is 5.98. The fourth-order valence-corrected chi connectivity index (χ4v) is 4.26. The van der Waals surface area contributed by atoms with Crippen LogP contribution in [0.25, 0.3) is 10.9 Å². The number of amides is 2. The van der Waals surface area contributed by atoms with Crippen LogP contribution in [0.4, 0.5) is 15.3 Å². The van der Waals surface area contributed by atoms with Gasteiger partial charge in [0.15, 0.2) is 0 Å². The van der Waals surface area contributed by atoms with Crippen LogP contribution in [0.15, 0.2) is 61.1 Å². The van der Waals surface area contributed by atoms with Crippen molar-refractivity contribution in [3.63, 3.8) is 0 Å². The van der Waals surface area contributed by atoms with E-state index in [0.29, 0.717) is 31.1 Å². The second-order valence-corrected chi connectivity index (χ2v) is 10.1. The molecule has 1 aliphatic heterocycles. The fraction of sp³-hybridized carbons (Fsp3) is 0.286. The average molecular weight is 500 g/mol. The first-order valence-corrected chi connectivity index (χ1v) is 12.1. The van der Waals surface area contributed by atoms with E-state index in [0.717, 1.165) is 33.4 Å². The van der Waals surface area contributed by atoms with Crippen LogP contribution in [0.3, 0.4) is 0 Å². The highest BCUT2D eigenvalue weighted by Crippen LogP contribution is 2.31. The number of anilines is 1. The second-order valence-electron chi connectivity index (χ2n) is 10.1. The van der Waals surface area contributed by atoms with Gasteiger partial charge in [-0.3, -0.25) is 4.57 Å². The van der Waals surface area contributed by atoms with E-state index in [1.54, 1.807) is 21.7 Å². The van der Waals surface area contributed by atoms with Crippen LogP contribution in [0.5, 0.6) is 11.6 Å². The van der Waals surface area contributed by atoms with Crippen molar-refractivity contribution >= 4 is 28.7 Å². The minimum atomic E-state index is -0.577. The second kappa shape index (κ2) is 9.57. The number of fused-ring (bicyclic) bond motifs is 2. The maximum absolute atomic E-state index is 12.9. The van der Waals surface area contributed by atoms with Gasteiger partial charge in [-0.25, -0.2) is 19.6 Å². The van der Waals surface area contributed by atoms with Crippen LogP contribution in [-0.2, 0) is 17.7 Å². The van der Waals surface area contributed by atoms with Crippen LogP contribution in [0.1, 0.15) is 37.6 Å². The van der Waals surface area contributed by atoms with Gasteiger partial charge in [0.2, 0.25) is 5.88 Å². The predicted octanol–water partition coefficient (Wildman–Crippen LogP) is 5.91. The van der Waals surface area contributed by atoms with Crippen molar-refractivity contribution in [3.8, 4) is 11.6 Å². The lowest BCUT2D eigenvalue weighted by atomic mass is 10.1. The molecule has 0 spiro atoms. The first-order valence-electron chi connectivity index (χ1n) is 12.1. The monoisotopic (exact) mass is 499 g/mol. The summed E-state index contributed by atoms with van der Waals surface area (Å²) in [6, 6.07) is 14.8. The Morgan fingerprint density at radius 1 is 1.05 bits per heavy atom. The third-order valence-corrected chi connectivity index (χ3v) is 5.98. The molecule has 0 aliphatic carbocycles. The van der Waals surface area contributed by atoms with Crippen molar-refractivity contribution in [2.45, 2.75) is 46.3 Å². The molecular weight excluding hydrogens is 470 g/mol. The minimum Gasteiger partial charge on any atom is -0.444 e. The van der Waals surface area contributed by atoms with E-state index in [2.05, 4.69) is 15.3 Å². The molecule has 0 radical (unpaired) electrons. The van der Waals surface area contributed by atoms with Crippen molar-refractivity contribution in [2.24, 2.45) is 0 Å². The first kappa shape index (κ1) is 24.3. The van der Waals surface area contributed by atoms with Gasteiger partial charge in [-0.1, -0.05) is 12.1 Å². The number of nitrogens with zero attached hydrogens (tertiary/aromatic N) is 4. The molecule has 190 valence electrons. The number of aryl methyl sites for hydroxylation is 1. The number of benzene rings is 2. The Morgan fingerprint density at radius 3 is 2.68 bits per heavy atom. The van der Waals surface area contributed by atoms with Gasteiger partial charge in [-0.05, 0) is 69.7 Å². The molecule has 1 N–H and O–H groups in total. The van der Waals surface area contributed by atoms with Crippen LogP contribution < -0.4 is 10.1 Å². The molecule has 2 aromatic heterocycles. The van der Waals surface area contributed by atoms with E-state index in [9.17, 15) is 9.59 Å². The number of nitrogens with one attached hydrogen (secondary N) is 1. The standard InChI is InChI=1S/C28H29N5O4/c1-18-6-5-7-20(14-18)31-26(34)33-13-10-19-15-21(8-9-24(19)33)36-25-22-16-32(27(35)37-28(2,3)4)12-11-23(22)29-17-30-25/h5-10,13-15,17H,11-12,16H2,1-4H3,(H,31,34). The van der Waals surface area contributed by atoms with Crippen molar-refractivity contribution in [1.82, 2.24) is 19.4 Å². The molecule has 9 nitrogen and oxygen atoms in total. The number of hydrogen-bond acceptors (Lipinski definition) is 6. The molecule has 1 aliphatic rings. The zero-order chi connectivity index (χ0) is 26.2. The molecule has 2 amide bonds. The van der Waals surface area contributed by atoms with E-state index in [4.69, 9.17) is 9.47 Å². The lowest BCUT2D eigenvalue weighted by Gasteiger charge is -2.31. The summed E-state index contributed by atoms with van der Waals surface area (Å²) in [6.07, 6.45) is 3.41. The summed E-state index contributed by atoms with van der Waals surface area (Å²) in [7, 11) is 0. The number of ether oxygens (including phenoxy) is 2. The first-order chi connectivity index (χ1) is 17.7. The highest BCUT2D eigenvalue weighted by atomic mass is 16.6. The van der Waals surface area contributed by atoms with Crippen molar-refractivity contribution < 1.29 is 19.1 Å². The number of aromatic nitrogens is 3. The van der Waals surface area contributed by atoms with Crippen LogP contribution >= 0.6 is 0 Å². The molecule has 37 heavy (non-hydrogen) atoms. The molecular formula is C28H29N5O4. The summed E-state index contributed by atoms with van der Waals surface area (Å²) in [5.74, 6) is 0.967. The lowest BCUT2D eigenvalue weighted by molar-refractivity contribution is 0.0221. The number of carbonyl (C=O) groups excluding carboxylic acids is 2. The van der Waals surface area contributed by atoms with Gasteiger partial charge < -0.3 is 19.7 Å². The zero-order valence-electron chi connectivity index (χ0n) is 21.3. The lowest BCUT2D eigenvalue weighted by Crippen LogP contribution is -2.40. The quantitative estimate of drug-likeness (QED) is 0.377. The Bertz CT molecular complexity index is 1490. The van der Waals surface area contributed by atoms with Crippen molar-refractivity contribution in [1.29, 1.82) is 0 Å². The number of hydrogen-bond donors (Lipinski definition) is 1. The minimum absolute atomic E-state index is 0.249. The van der Waals surface area contributed by atoms with E-state index in [-0.39, 0.29) is 12.1 Å². The van der Waals surface area contributed by atoms with Crippen LogP contribution in [-0.4, -0.2) is 43.7 Å². The largest absolute Gasteiger partial charge is 0.444 e. The maximum atomic E-state index is 12.9. The van der Waals surface area contributed by atoms with E-state index >= 15 is 0 Å². The third-order valence-electron chi connectivity index (χ3n) is 5.98. The van der Waals surface area contributed by atoms with Gasteiger partial charge >= 0.3 is 12.1 Å². The Morgan fingerprint density at radius 2 is 1.89 bits per heavy atom. The summed E-state index contributed by atoms with van der Waals surface area (Å²) < 4.78 is 13.2. The smallest absolute Gasteiger partial charge is 0.410 e. The Labute approximate surface area is 215 Å². The molecule has 5 rings (SSSR count). The average Bonchev–Trinajstić information content (AvgIpc) is 3.26. The van der Waals surface area contributed by atoms with Gasteiger partial charge in [-0.15, -0.1) is 0 Å². The summed E-state index contributed by atoms with van der Waals surface area (Å²) in [5.41, 5.74) is 3.59. The van der Waals surface area contributed by atoms with Gasteiger partial charge in [0.1, 0.15) is 17.7 Å². The van der Waals surface area contributed by atoms with Gasteiger partial charge in [0, 0.05) is 30.2 Å². The van der Waals surface area contributed by atoms with E-state index in [1.807, 2.05) is 70.2 Å². The summed E-state index contributed by atoms with van der Waals surface area (Å²) in [5, 5.41) is 3.77. The normalized spacial score (nSPS) is 13.2.